The van der Waals surface area contributed by atoms with Gasteiger partial charge in [-0.1, -0.05) is 44.2 Å². The highest BCUT2D eigenvalue weighted by Crippen LogP contribution is 2.48. The number of hydrogen-bond acceptors (Lipinski definition) is 4. The van der Waals surface area contributed by atoms with Gasteiger partial charge in [-0.3, -0.25) is 9.59 Å². The van der Waals surface area contributed by atoms with Gasteiger partial charge in [-0.25, -0.2) is 4.79 Å². The second kappa shape index (κ2) is 7.81. The molecular weight excluding hydrogens is 396 g/mol. The van der Waals surface area contributed by atoms with Gasteiger partial charge in [0.2, 0.25) is 5.91 Å². The first-order chi connectivity index (χ1) is 14.7. The smallest absolute Gasteiger partial charge is 0.326 e. The Morgan fingerprint density at radius 2 is 1.84 bits per heavy atom. The van der Waals surface area contributed by atoms with E-state index in [1.807, 2.05) is 24.3 Å². The number of fused-ring (bicyclic) bond motifs is 3. The summed E-state index contributed by atoms with van der Waals surface area (Å²) in [6, 6.07) is 12.8. The van der Waals surface area contributed by atoms with Crippen molar-refractivity contribution >= 4 is 17.8 Å². The minimum atomic E-state index is -1.07. The zero-order chi connectivity index (χ0) is 22.3. The quantitative estimate of drug-likeness (QED) is 0.772. The fourth-order valence-corrected chi connectivity index (χ4v) is 4.70. The van der Waals surface area contributed by atoms with Crippen LogP contribution in [-0.4, -0.2) is 60.1 Å². The lowest BCUT2D eigenvalue weighted by molar-refractivity contribution is -0.147. The summed E-state index contributed by atoms with van der Waals surface area (Å²) in [5, 5.41) is 12.0. The molecule has 2 aliphatic rings. The number of carboxylic acids is 1. The van der Waals surface area contributed by atoms with Crippen molar-refractivity contribution in [2.75, 3.05) is 20.2 Å². The first kappa shape index (κ1) is 21.1. The summed E-state index contributed by atoms with van der Waals surface area (Å²) in [7, 11) is 1.49. The molecule has 2 N–H and O–H groups in total. The number of benzene rings is 2. The average Bonchev–Trinajstić information content (AvgIpc) is 3.30. The van der Waals surface area contributed by atoms with Crippen LogP contribution in [0.1, 0.15) is 41.8 Å². The highest BCUT2D eigenvalue weighted by Gasteiger charge is 2.40. The Bertz CT molecular complexity index is 1060. The molecule has 0 saturated carbocycles. The molecule has 1 saturated heterocycles. The minimum Gasteiger partial charge on any atom is -0.480 e. The van der Waals surface area contributed by atoms with Gasteiger partial charge in [0, 0.05) is 31.1 Å². The Kier molecular flexibility index (Phi) is 5.31. The van der Waals surface area contributed by atoms with Gasteiger partial charge in [0.1, 0.15) is 6.04 Å². The molecule has 0 aromatic heterocycles. The van der Waals surface area contributed by atoms with Crippen LogP contribution in [0.25, 0.3) is 11.1 Å². The fourth-order valence-electron chi connectivity index (χ4n) is 4.70. The molecule has 2 atom stereocenters. The molecule has 0 radical (unpaired) electrons. The highest BCUT2D eigenvalue weighted by molar-refractivity contribution is 5.99. The van der Waals surface area contributed by atoms with E-state index in [9.17, 15) is 19.5 Å². The monoisotopic (exact) mass is 422 g/mol. The van der Waals surface area contributed by atoms with Crippen molar-refractivity contribution in [2.45, 2.75) is 37.8 Å². The number of methoxy groups -OCH3 is 1. The Labute approximate surface area is 181 Å². The number of carboxylic acid groups (broad SMARTS) is 1. The molecule has 7 heteroatoms. The third-order valence-electron chi connectivity index (χ3n) is 6.45. The van der Waals surface area contributed by atoms with Crippen molar-refractivity contribution in [1.82, 2.24) is 10.2 Å². The molecule has 1 aliphatic heterocycles. The van der Waals surface area contributed by atoms with Crippen molar-refractivity contribution in [3.05, 3.63) is 59.2 Å². The van der Waals surface area contributed by atoms with Gasteiger partial charge < -0.3 is 20.1 Å². The van der Waals surface area contributed by atoms with Crippen molar-refractivity contribution in [2.24, 2.45) is 0 Å². The molecule has 2 amide bonds. The number of nitrogens with zero attached hydrogens (tertiary/aromatic N) is 1. The molecule has 7 nitrogen and oxygen atoms in total. The van der Waals surface area contributed by atoms with E-state index in [0.29, 0.717) is 5.56 Å². The lowest BCUT2D eigenvalue weighted by Crippen LogP contribution is -2.45. The maximum absolute atomic E-state index is 12.8. The van der Waals surface area contributed by atoms with Gasteiger partial charge >= 0.3 is 5.97 Å². The molecule has 0 spiro atoms. The molecule has 31 heavy (non-hydrogen) atoms. The molecule has 1 aliphatic carbocycles. The summed E-state index contributed by atoms with van der Waals surface area (Å²) in [5.74, 6) is -1.88. The summed E-state index contributed by atoms with van der Waals surface area (Å²) in [4.78, 5) is 38.1. The van der Waals surface area contributed by atoms with Crippen molar-refractivity contribution in [3.8, 4) is 11.1 Å². The van der Waals surface area contributed by atoms with E-state index >= 15 is 0 Å². The summed E-state index contributed by atoms with van der Waals surface area (Å²) in [6.45, 7) is 4.27. The molecule has 1 fully saturated rings. The third-order valence-corrected chi connectivity index (χ3v) is 6.45. The van der Waals surface area contributed by atoms with Crippen LogP contribution < -0.4 is 5.32 Å². The van der Waals surface area contributed by atoms with E-state index in [4.69, 9.17) is 4.74 Å². The van der Waals surface area contributed by atoms with E-state index in [2.05, 4.69) is 31.3 Å². The number of aliphatic carboxylic acids is 1. The van der Waals surface area contributed by atoms with E-state index in [0.717, 1.165) is 16.7 Å². The van der Waals surface area contributed by atoms with Crippen LogP contribution in [-0.2, 0) is 19.7 Å². The van der Waals surface area contributed by atoms with E-state index in [1.54, 1.807) is 6.07 Å². The van der Waals surface area contributed by atoms with Crippen LogP contribution in [0.2, 0.25) is 0 Å². The molecule has 2 aromatic rings. The van der Waals surface area contributed by atoms with E-state index in [-0.39, 0.29) is 36.9 Å². The minimum absolute atomic E-state index is 0.142. The summed E-state index contributed by atoms with van der Waals surface area (Å²) < 4.78 is 5.21. The van der Waals surface area contributed by atoms with Crippen LogP contribution in [0.5, 0.6) is 0 Å². The van der Waals surface area contributed by atoms with Crippen molar-refractivity contribution in [3.63, 3.8) is 0 Å². The number of carbonyl (C=O) groups excluding carboxylic acids is 2. The second-order valence-electron chi connectivity index (χ2n) is 8.61. The molecule has 162 valence electrons. The third kappa shape index (κ3) is 3.59. The normalized spacial score (nSPS) is 20.8. The number of ether oxygens (including phenoxy) is 1. The summed E-state index contributed by atoms with van der Waals surface area (Å²) in [5.41, 5.74) is 4.84. The first-order valence-electron chi connectivity index (χ1n) is 10.3. The van der Waals surface area contributed by atoms with Gasteiger partial charge in [-0.05, 0) is 34.4 Å². The number of carbonyl (C=O) groups is 3. The van der Waals surface area contributed by atoms with Crippen LogP contribution >= 0.6 is 0 Å². The number of hydrogen-bond donors (Lipinski definition) is 2. The van der Waals surface area contributed by atoms with Crippen LogP contribution in [0.3, 0.4) is 0 Å². The molecule has 1 heterocycles. The van der Waals surface area contributed by atoms with Crippen LogP contribution in [0, 0.1) is 0 Å². The first-order valence-corrected chi connectivity index (χ1v) is 10.3. The van der Waals surface area contributed by atoms with Crippen LogP contribution in [0.4, 0.5) is 0 Å². The number of nitrogens with one attached hydrogen (secondary N) is 1. The standard InChI is InChI=1S/C24H26N2O5/c1-24(2)18-7-5-4-6-16(18)17-10-14(8-9-19(17)24)22(28)25-12-21(27)26-13-15(31-3)11-20(26)23(29)30/h4-10,15,20H,11-13H2,1-3H3,(H,25,28)(H,29,30)/t15-,20+/m1/s1. The lowest BCUT2D eigenvalue weighted by Gasteiger charge is -2.22. The number of rotatable bonds is 5. The zero-order valence-electron chi connectivity index (χ0n) is 17.8. The number of amides is 2. The van der Waals surface area contributed by atoms with Crippen molar-refractivity contribution < 1.29 is 24.2 Å². The molecule has 2 aromatic carbocycles. The molecular formula is C24H26N2O5. The predicted octanol–water partition coefficient (Wildman–Crippen LogP) is 2.42. The van der Waals surface area contributed by atoms with Gasteiger partial charge in [0.05, 0.1) is 12.6 Å². The lowest BCUT2D eigenvalue weighted by atomic mass is 9.82. The maximum Gasteiger partial charge on any atom is 0.326 e. The Morgan fingerprint density at radius 3 is 2.55 bits per heavy atom. The Balaban J connectivity index is 1.49. The van der Waals surface area contributed by atoms with E-state index < -0.39 is 17.9 Å². The van der Waals surface area contributed by atoms with Gasteiger partial charge in [-0.15, -0.1) is 0 Å². The SMILES string of the molecule is CO[C@@H]1C[C@@H](C(=O)O)N(C(=O)CNC(=O)c2ccc3c(c2)-c2ccccc2C3(C)C)C1. The predicted molar refractivity (Wildman–Crippen MR) is 115 cm³/mol. The van der Waals surface area contributed by atoms with Gasteiger partial charge in [-0.2, -0.15) is 0 Å². The fraction of sp³-hybridized carbons (Fsp3) is 0.375. The van der Waals surface area contributed by atoms with Crippen molar-refractivity contribution in [1.29, 1.82) is 0 Å². The van der Waals surface area contributed by atoms with Gasteiger partial charge in [0.25, 0.3) is 5.91 Å². The van der Waals surface area contributed by atoms with E-state index in [1.165, 1.54) is 17.6 Å². The molecule has 4 rings (SSSR count). The van der Waals surface area contributed by atoms with Gasteiger partial charge in [0.15, 0.2) is 0 Å². The summed E-state index contributed by atoms with van der Waals surface area (Å²) in [6.07, 6.45) is -0.0770. The topological polar surface area (TPSA) is 95.9 Å². The highest BCUT2D eigenvalue weighted by atomic mass is 16.5. The average molecular weight is 422 g/mol. The van der Waals surface area contributed by atoms with Crippen LogP contribution in [0.15, 0.2) is 42.5 Å². The Hall–Kier alpha value is -3.19. The largest absolute Gasteiger partial charge is 0.480 e. The molecule has 0 bridgehead atoms. The Morgan fingerprint density at radius 1 is 1.13 bits per heavy atom. The summed E-state index contributed by atoms with van der Waals surface area (Å²) >= 11 is 0. The number of likely N-dealkylation sites (tertiary alicyclic amines) is 1. The molecule has 0 unspecified atom stereocenters. The second-order valence-corrected chi connectivity index (χ2v) is 8.61. The zero-order valence-corrected chi connectivity index (χ0v) is 17.8. The maximum atomic E-state index is 12.8.